The van der Waals surface area contributed by atoms with Gasteiger partial charge in [-0.15, -0.1) is 0 Å². The zero-order chi connectivity index (χ0) is 8.36. The second-order valence-corrected chi connectivity index (χ2v) is 3.93. The Labute approximate surface area is 59.4 Å². The summed E-state index contributed by atoms with van der Waals surface area (Å²) in [5.74, 6) is -0.899. The van der Waals surface area contributed by atoms with Gasteiger partial charge < -0.3 is 14.4 Å². The van der Waals surface area contributed by atoms with Crippen molar-refractivity contribution in [2.45, 2.75) is 13.8 Å². The first-order chi connectivity index (χ1) is 4.33. The largest absolute Gasteiger partial charge is 0.810 e. The SMILES string of the molecule is CC(C)C(=O)CP(=O)([O-])[O-]. The topological polar surface area (TPSA) is 80.3 Å². The minimum Gasteiger partial charge on any atom is -0.810 e. The molecule has 5 heteroatoms. The molecule has 0 atom stereocenters. The van der Waals surface area contributed by atoms with Crippen LogP contribution in [-0.2, 0) is 9.36 Å². The van der Waals surface area contributed by atoms with Crippen molar-refractivity contribution in [3.63, 3.8) is 0 Å². The van der Waals surface area contributed by atoms with Crippen molar-refractivity contribution < 1.29 is 19.1 Å². The van der Waals surface area contributed by atoms with Crippen LogP contribution < -0.4 is 9.79 Å². The van der Waals surface area contributed by atoms with Gasteiger partial charge in [0.1, 0.15) is 5.78 Å². The molecule has 0 spiro atoms. The first kappa shape index (κ1) is 9.82. The average molecular weight is 164 g/mol. The van der Waals surface area contributed by atoms with Crippen LogP contribution in [0.1, 0.15) is 13.8 Å². The molecule has 0 aromatic rings. The molecule has 10 heavy (non-hydrogen) atoms. The van der Waals surface area contributed by atoms with Crippen molar-refractivity contribution >= 4 is 13.4 Å². The second kappa shape index (κ2) is 3.28. The smallest absolute Gasteiger partial charge is 0.140 e. The van der Waals surface area contributed by atoms with Gasteiger partial charge in [-0.3, -0.25) is 4.79 Å². The Hall–Kier alpha value is -0.180. The molecule has 0 amide bonds. The number of carbonyl (C=O) groups is 1. The van der Waals surface area contributed by atoms with E-state index < -0.39 is 19.5 Å². The predicted molar refractivity (Wildman–Crippen MR) is 32.3 cm³/mol. The molecule has 0 saturated carbocycles. The van der Waals surface area contributed by atoms with E-state index in [4.69, 9.17) is 0 Å². The van der Waals surface area contributed by atoms with Gasteiger partial charge in [0.2, 0.25) is 0 Å². The molecule has 0 saturated heterocycles. The van der Waals surface area contributed by atoms with Crippen molar-refractivity contribution in [2.75, 3.05) is 6.16 Å². The molecule has 4 nitrogen and oxygen atoms in total. The van der Waals surface area contributed by atoms with E-state index in [0.29, 0.717) is 0 Å². The first-order valence-corrected chi connectivity index (χ1v) is 4.59. The summed E-state index contributed by atoms with van der Waals surface area (Å²) in [7, 11) is -4.63. The molecule has 60 valence electrons. The van der Waals surface area contributed by atoms with Crippen LogP contribution >= 0.6 is 7.60 Å². The summed E-state index contributed by atoms with van der Waals surface area (Å²) in [4.78, 5) is 30.6. The van der Waals surface area contributed by atoms with E-state index in [2.05, 4.69) is 0 Å². The Morgan fingerprint density at radius 1 is 1.50 bits per heavy atom. The number of Topliss-reactive ketones (excluding diaryl/α,β-unsaturated/α-hetero) is 1. The summed E-state index contributed by atoms with van der Waals surface area (Å²) in [6, 6.07) is 0. The quantitative estimate of drug-likeness (QED) is 0.507. The fraction of sp³-hybridized carbons (Fsp3) is 0.800. The van der Waals surface area contributed by atoms with Crippen molar-refractivity contribution in [1.29, 1.82) is 0 Å². The third kappa shape index (κ3) is 4.68. The number of rotatable bonds is 3. The molecule has 0 heterocycles. The summed E-state index contributed by atoms with van der Waals surface area (Å²) < 4.78 is 10.00. The molecule has 0 fully saturated rings. The van der Waals surface area contributed by atoms with E-state index >= 15 is 0 Å². The summed E-state index contributed by atoms with van der Waals surface area (Å²) in [5.41, 5.74) is 0. The summed E-state index contributed by atoms with van der Waals surface area (Å²) in [6.45, 7) is 3.11. The van der Waals surface area contributed by atoms with Gasteiger partial charge in [-0.2, -0.15) is 0 Å². The highest BCUT2D eigenvalue weighted by Gasteiger charge is 2.07. The van der Waals surface area contributed by atoms with E-state index in [1.807, 2.05) is 0 Å². The molecule has 0 aromatic carbocycles. The maximum absolute atomic E-state index is 10.6. The monoisotopic (exact) mass is 164 g/mol. The highest BCUT2D eigenvalue weighted by Crippen LogP contribution is 2.23. The molecule has 0 aliphatic carbocycles. The maximum Gasteiger partial charge on any atom is 0.140 e. The predicted octanol–water partition coefficient (Wildman–Crippen LogP) is -0.875. The Kier molecular flexibility index (Phi) is 3.22. The van der Waals surface area contributed by atoms with Crippen molar-refractivity contribution in [3.05, 3.63) is 0 Å². The maximum atomic E-state index is 10.6. The second-order valence-electron chi connectivity index (χ2n) is 2.39. The normalized spacial score (nSPS) is 12.1. The molecule has 0 aromatic heterocycles. The van der Waals surface area contributed by atoms with Crippen LogP contribution in [0, 0.1) is 5.92 Å². The lowest BCUT2D eigenvalue weighted by Crippen LogP contribution is -2.24. The third-order valence-corrected chi connectivity index (χ3v) is 1.69. The fourth-order valence-corrected chi connectivity index (χ4v) is 1.12. The van der Waals surface area contributed by atoms with Gasteiger partial charge in [0.25, 0.3) is 0 Å². The van der Waals surface area contributed by atoms with Crippen molar-refractivity contribution in [1.82, 2.24) is 0 Å². The molecule has 0 radical (unpaired) electrons. The van der Waals surface area contributed by atoms with Crippen LogP contribution in [0.5, 0.6) is 0 Å². The number of ketones is 1. The Balaban J connectivity index is 3.94. The van der Waals surface area contributed by atoms with Crippen LogP contribution in [-0.4, -0.2) is 11.9 Å². The van der Waals surface area contributed by atoms with Gasteiger partial charge in [-0.05, 0) is 0 Å². The lowest BCUT2D eigenvalue weighted by molar-refractivity contribution is -0.312. The van der Waals surface area contributed by atoms with Crippen LogP contribution in [0.4, 0.5) is 0 Å². The van der Waals surface area contributed by atoms with Crippen molar-refractivity contribution in [2.24, 2.45) is 5.92 Å². The molecule has 0 N–H and O–H groups in total. The summed E-state index contributed by atoms with van der Waals surface area (Å²) in [6.07, 6.45) is -0.856. The van der Waals surface area contributed by atoms with Gasteiger partial charge in [-0.1, -0.05) is 21.4 Å². The van der Waals surface area contributed by atoms with Gasteiger partial charge in [0, 0.05) is 12.1 Å². The van der Waals surface area contributed by atoms with E-state index in [1.54, 1.807) is 13.8 Å². The highest BCUT2D eigenvalue weighted by molar-refractivity contribution is 7.49. The summed E-state index contributed by atoms with van der Waals surface area (Å²) >= 11 is 0. The van der Waals surface area contributed by atoms with E-state index in [1.165, 1.54) is 0 Å². The molecule has 0 unspecified atom stereocenters. The molecule has 0 bridgehead atoms. The van der Waals surface area contributed by atoms with Gasteiger partial charge in [-0.25, -0.2) is 0 Å². The third-order valence-electron chi connectivity index (χ3n) is 0.993. The van der Waals surface area contributed by atoms with E-state index in [-0.39, 0.29) is 5.92 Å². The average Bonchev–Trinajstić information content (AvgIpc) is 1.60. The van der Waals surface area contributed by atoms with Gasteiger partial charge in [0.05, 0.1) is 0 Å². The van der Waals surface area contributed by atoms with Gasteiger partial charge in [0.15, 0.2) is 0 Å². The van der Waals surface area contributed by atoms with Crippen LogP contribution in [0.3, 0.4) is 0 Å². The Morgan fingerprint density at radius 2 is 1.90 bits per heavy atom. The number of carbonyl (C=O) groups excluding carboxylic acids is 1. The fourth-order valence-electron chi connectivity index (χ4n) is 0.373. The lowest BCUT2D eigenvalue weighted by Gasteiger charge is -2.28. The Bertz CT molecular complexity index is 168. The minimum atomic E-state index is -4.63. The summed E-state index contributed by atoms with van der Waals surface area (Å²) in [5, 5.41) is 0. The van der Waals surface area contributed by atoms with Crippen LogP contribution in [0.25, 0.3) is 0 Å². The van der Waals surface area contributed by atoms with Crippen molar-refractivity contribution in [3.8, 4) is 0 Å². The molecule has 0 aliphatic heterocycles. The zero-order valence-electron chi connectivity index (χ0n) is 5.86. The Morgan fingerprint density at radius 3 is 2.00 bits per heavy atom. The van der Waals surface area contributed by atoms with E-state index in [0.717, 1.165) is 0 Å². The molecule has 0 aliphatic rings. The van der Waals surface area contributed by atoms with E-state index in [9.17, 15) is 19.1 Å². The molecular formula is C5H9O4P-2. The van der Waals surface area contributed by atoms with Crippen LogP contribution in [0.2, 0.25) is 0 Å². The standard InChI is InChI=1S/C5H11O4P/c1-4(2)5(6)3-10(7,8)9/h4H,3H2,1-2H3,(H2,7,8,9)/p-2. The highest BCUT2D eigenvalue weighted by atomic mass is 31.2. The van der Waals surface area contributed by atoms with Crippen LogP contribution in [0.15, 0.2) is 0 Å². The number of hydrogen-bond acceptors (Lipinski definition) is 4. The zero-order valence-corrected chi connectivity index (χ0v) is 6.76. The first-order valence-electron chi connectivity index (χ1n) is 2.87. The molecular weight excluding hydrogens is 155 g/mol. The lowest BCUT2D eigenvalue weighted by atomic mass is 10.1. The van der Waals surface area contributed by atoms with Gasteiger partial charge >= 0.3 is 0 Å². The minimum absolute atomic E-state index is 0.378. The number of hydrogen-bond donors (Lipinski definition) is 0. The molecule has 0 rings (SSSR count).